The molecule has 0 spiro atoms. The van der Waals surface area contributed by atoms with Crippen LogP contribution in [0.1, 0.15) is 96.8 Å². The molecule has 0 saturated carbocycles. The van der Waals surface area contributed by atoms with Crippen molar-refractivity contribution >= 4 is 5.97 Å². The summed E-state index contributed by atoms with van der Waals surface area (Å²) in [5, 5.41) is 39.7. The van der Waals surface area contributed by atoms with Crippen molar-refractivity contribution in [3.05, 3.63) is 36.4 Å². The number of benzene rings is 1. The number of allylic oxidation sites excluding steroid dienone is 2. The average molecular weight is 537 g/mol. The zero-order valence-electron chi connectivity index (χ0n) is 22.9. The van der Waals surface area contributed by atoms with Crippen molar-refractivity contribution in [3.8, 4) is 11.5 Å². The van der Waals surface area contributed by atoms with Crippen LogP contribution in [0.2, 0.25) is 0 Å². The van der Waals surface area contributed by atoms with Crippen LogP contribution in [0.3, 0.4) is 0 Å². The Balaban J connectivity index is 1.65. The van der Waals surface area contributed by atoms with E-state index in [0.29, 0.717) is 17.9 Å². The summed E-state index contributed by atoms with van der Waals surface area (Å²) in [7, 11) is 0. The minimum absolute atomic E-state index is 0.152. The number of carbonyl (C=O) groups excluding carboxylic acids is 1. The zero-order valence-corrected chi connectivity index (χ0v) is 22.9. The van der Waals surface area contributed by atoms with Crippen molar-refractivity contribution in [3.63, 3.8) is 0 Å². The Hall–Kier alpha value is -2.13. The third kappa shape index (κ3) is 11.7. The van der Waals surface area contributed by atoms with Crippen LogP contribution in [0.4, 0.5) is 0 Å². The molecule has 0 fully saturated rings. The van der Waals surface area contributed by atoms with Gasteiger partial charge in [0.2, 0.25) is 6.10 Å². The van der Waals surface area contributed by atoms with Crippen LogP contribution < -0.4 is 9.47 Å². The van der Waals surface area contributed by atoms with Gasteiger partial charge in [0.05, 0.1) is 6.61 Å². The Morgan fingerprint density at radius 2 is 1.37 bits per heavy atom. The van der Waals surface area contributed by atoms with E-state index in [2.05, 4.69) is 19.1 Å². The highest BCUT2D eigenvalue weighted by molar-refractivity contribution is 5.69. The van der Waals surface area contributed by atoms with Crippen molar-refractivity contribution in [1.29, 1.82) is 0 Å². The van der Waals surface area contributed by atoms with Crippen LogP contribution in [0, 0.1) is 0 Å². The fourth-order valence-corrected chi connectivity index (χ4v) is 4.42. The molecule has 1 aromatic rings. The molecule has 216 valence electrons. The highest BCUT2D eigenvalue weighted by Crippen LogP contribution is 2.36. The first-order chi connectivity index (χ1) is 18.5. The lowest BCUT2D eigenvalue weighted by molar-refractivity contribution is -0.194. The number of ether oxygens (including phenoxy) is 3. The summed E-state index contributed by atoms with van der Waals surface area (Å²) in [6, 6.07) is 6.84. The van der Waals surface area contributed by atoms with E-state index in [9.17, 15) is 20.1 Å². The van der Waals surface area contributed by atoms with E-state index in [1.807, 2.05) is 0 Å². The summed E-state index contributed by atoms with van der Waals surface area (Å²) >= 11 is 0. The second-order valence-corrected chi connectivity index (χ2v) is 10.1. The molecule has 1 aliphatic heterocycles. The minimum Gasteiger partial charge on any atom is -0.451 e. The van der Waals surface area contributed by atoms with Gasteiger partial charge in [0.25, 0.3) is 6.29 Å². The number of aliphatic hydroxyl groups is 4. The van der Waals surface area contributed by atoms with Gasteiger partial charge in [-0.1, -0.05) is 82.6 Å². The standard InChI is InChI=1S/C30H48O8/c1-2-3-4-5-6-7-8-9-10-11-12-13-14-15-16-21-26(33)38-29(28(35)27(34)23(32)22-31)30-36-24-19-17-18-20-25(24)37-30/h9-10,17-20,23,27-32,34-35H,2-8,11-16,21-22H2,1H3/b10-9-/t23-,27-,28+,29-/m1/s1. The Morgan fingerprint density at radius 3 is 1.92 bits per heavy atom. The number of esters is 1. The largest absolute Gasteiger partial charge is 0.451 e. The summed E-state index contributed by atoms with van der Waals surface area (Å²) in [6.45, 7) is 1.48. The van der Waals surface area contributed by atoms with Gasteiger partial charge in [0, 0.05) is 6.42 Å². The Morgan fingerprint density at radius 1 is 0.842 bits per heavy atom. The fraction of sp³-hybridized carbons (Fsp3) is 0.700. The van der Waals surface area contributed by atoms with E-state index >= 15 is 0 Å². The van der Waals surface area contributed by atoms with Crippen LogP contribution in [0.25, 0.3) is 0 Å². The molecule has 0 aromatic heterocycles. The smallest absolute Gasteiger partial charge is 0.306 e. The highest BCUT2D eigenvalue weighted by Gasteiger charge is 2.43. The van der Waals surface area contributed by atoms with Crippen molar-refractivity contribution in [1.82, 2.24) is 0 Å². The molecule has 0 bridgehead atoms. The molecule has 38 heavy (non-hydrogen) atoms. The van der Waals surface area contributed by atoms with E-state index in [0.717, 1.165) is 32.1 Å². The average Bonchev–Trinajstić information content (AvgIpc) is 3.36. The first-order valence-electron chi connectivity index (χ1n) is 14.4. The van der Waals surface area contributed by atoms with Gasteiger partial charge in [-0.25, -0.2) is 0 Å². The third-order valence-electron chi connectivity index (χ3n) is 6.78. The van der Waals surface area contributed by atoms with Crippen molar-refractivity contribution in [2.75, 3.05) is 6.61 Å². The zero-order chi connectivity index (χ0) is 27.6. The summed E-state index contributed by atoms with van der Waals surface area (Å²) in [5.41, 5.74) is 0. The van der Waals surface area contributed by atoms with E-state index in [4.69, 9.17) is 19.3 Å². The quantitative estimate of drug-likeness (QED) is 0.100. The Bertz CT molecular complexity index is 773. The van der Waals surface area contributed by atoms with Crippen LogP contribution >= 0.6 is 0 Å². The predicted molar refractivity (Wildman–Crippen MR) is 146 cm³/mol. The summed E-state index contributed by atoms with van der Waals surface area (Å²) in [4.78, 5) is 12.5. The maximum atomic E-state index is 12.5. The number of aliphatic hydroxyl groups excluding tert-OH is 4. The van der Waals surface area contributed by atoms with Crippen LogP contribution in [0.5, 0.6) is 11.5 Å². The van der Waals surface area contributed by atoms with Gasteiger partial charge in [-0.05, 0) is 44.2 Å². The normalized spacial score (nSPS) is 16.4. The molecule has 2 rings (SSSR count). The van der Waals surface area contributed by atoms with Crippen molar-refractivity contribution in [2.45, 2.75) is 128 Å². The van der Waals surface area contributed by atoms with Gasteiger partial charge < -0.3 is 34.6 Å². The van der Waals surface area contributed by atoms with E-state index in [-0.39, 0.29) is 6.42 Å². The molecule has 0 unspecified atom stereocenters. The second-order valence-electron chi connectivity index (χ2n) is 10.1. The summed E-state index contributed by atoms with van der Waals surface area (Å²) < 4.78 is 16.8. The molecule has 8 nitrogen and oxygen atoms in total. The molecule has 0 radical (unpaired) electrons. The topological polar surface area (TPSA) is 126 Å². The lowest BCUT2D eigenvalue weighted by atomic mass is 10.0. The van der Waals surface area contributed by atoms with Crippen molar-refractivity contribution < 1.29 is 39.4 Å². The van der Waals surface area contributed by atoms with Gasteiger partial charge in [0.15, 0.2) is 11.5 Å². The number of rotatable bonds is 21. The molecule has 1 heterocycles. The van der Waals surface area contributed by atoms with Crippen molar-refractivity contribution in [2.24, 2.45) is 0 Å². The molecule has 0 aliphatic carbocycles. The number of hydrogen-bond acceptors (Lipinski definition) is 8. The van der Waals surface area contributed by atoms with Crippen LogP contribution in [-0.4, -0.2) is 63.7 Å². The second kappa shape index (κ2) is 19.0. The maximum absolute atomic E-state index is 12.5. The van der Waals surface area contributed by atoms with Gasteiger partial charge in [-0.2, -0.15) is 0 Å². The first kappa shape index (κ1) is 32.1. The molecule has 8 heteroatoms. The van der Waals surface area contributed by atoms with Gasteiger partial charge in [-0.3, -0.25) is 4.79 Å². The van der Waals surface area contributed by atoms with E-state index in [1.165, 1.54) is 44.9 Å². The SMILES string of the molecule is CCCCCCCC/C=C\CCCCCCCC(=O)O[C@@H](C1Oc2ccccc2O1)[C@@H](O)[C@H](O)[C@H](O)CO. The van der Waals surface area contributed by atoms with Gasteiger partial charge in [0.1, 0.15) is 18.3 Å². The van der Waals surface area contributed by atoms with Crippen LogP contribution in [-0.2, 0) is 9.53 Å². The lowest BCUT2D eigenvalue weighted by Crippen LogP contribution is -2.53. The first-order valence-corrected chi connectivity index (χ1v) is 14.4. The van der Waals surface area contributed by atoms with Crippen LogP contribution in [0.15, 0.2) is 36.4 Å². The summed E-state index contributed by atoms with van der Waals surface area (Å²) in [6.07, 6.45) is 12.0. The number of fused-ring (bicyclic) bond motifs is 1. The minimum atomic E-state index is -1.76. The molecule has 0 amide bonds. The number of carbonyl (C=O) groups is 1. The van der Waals surface area contributed by atoms with Gasteiger partial charge >= 0.3 is 5.97 Å². The number of para-hydroxylation sites is 2. The van der Waals surface area contributed by atoms with E-state index in [1.54, 1.807) is 24.3 Å². The molecule has 4 atom stereocenters. The highest BCUT2D eigenvalue weighted by atomic mass is 16.7. The Labute approximate surface area is 227 Å². The number of hydrogen-bond donors (Lipinski definition) is 4. The molecule has 1 aromatic carbocycles. The summed E-state index contributed by atoms with van der Waals surface area (Å²) in [5.74, 6) is 0.279. The monoisotopic (exact) mass is 536 g/mol. The fourth-order valence-electron chi connectivity index (χ4n) is 4.42. The van der Waals surface area contributed by atoms with Gasteiger partial charge in [-0.15, -0.1) is 0 Å². The predicted octanol–water partition coefficient (Wildman–Crippen LogP) is 4.81. The third-order valence-corrected chi connectivity index (χ3v) is 6.78. The maximum Gasteiger partial charge on any atom is 0.306 e. The molecular weight excluding hydrogens is 488 g/mol. The molecule has 0 saturated heterocycles. The molecule has 4 N–H and O–H groups in total. The Kier molecular flexibility index (Phi) is 16.1. The lowest BCUT2D eigenvalue weighted by Gasteiger charge is -2.31. The molecular formula is C30H48O8. The molecule has 1 aliphatic rings. The number of unbranched alkanes of at least 4 members (excludes halogenated alkanes) is 11. The van der Waals surface area contributed by atoms with E-state index < -0.39 is 43.3 Å².